The van der Waals surface area contributed by atoms with Crippen LogP contribution in [0.15, 0.2) is 36.5 Å². The average Bonchev–Trinajstić information content (AvgIpc) is 2.54. The third-order valence-electron chi connectivity index (χ3n) is 3.34. The first kappa shape index (κ1) is 16.5. The van der Waals surface area contributed by atoms with Gasteiger partial charge in [-0.15, -0.1) is 0 Å². The van der Waals surface area contributed by atoms with E-state index >= 15 is 0 Å². The van der Waals surface area contributed by atoms with E-state index in [1.54, 1.807) is 18.2 Å². The minimum atomic E-state index is -0.448. The van der Waals surface area contributed by atoms with E-state index in [1.807, 2.05) is 32.9 Å². The van der Waals surface area contributed by atoms with E-state index in [4.69, 9.17) is 4.74 Å². The molecule has 23 heavy (non-hydrogen) atoms. The van der Waals surface area contributed by atoms with Crippen molar-refractivity contribution in [3.63, 3.8) is 0 Å². The van der Waals surface area contributed by atoms with Crippen LogP contribution >= 0.6 is 0 Å². The second-order valence-electron chi connectivity index (χ2n) is 5.23. The van der Waals surface area contributed by atoms with Crippen LogP contribution in [0.2, 0.25) is 0 Å². The van der Waals surface area contributed by atoms with Crippen molar-refractivity contribution < 1.29 is 14.3 Å². The van der Waals surface area contributed by atoms with Crippen LogP contribution < -0.4 is 15.6 Å². The van der Waals surface area contributed by atoms with Gasteiger partial charge in [0.05, 0.1) is 5.56 Å². The van der Waals surface area contributed by atoms with E-state index in [-0.39, 0.29) is 6.61 Å². The number of carbonyl (C=O) groups excluding carboxylic acids is 2. The van der Waals surface area contributed by atoms with Gasteiger partial charge < -0.3 is 4.74 Å². The monoisotopic (exact) mass is 313 g/mol. The van der Waals surface area contributed by atoms with E-state index in [0.717, 1.165) is 16.8 Å². The number of hydrazine groups is 1. The molecule has 0 saturated heterocycles. The number of rotatable bonds is 4. The zero-order chi connectivity index (χ0) is 16.8. The maximum Gasteiger partial charge on any atom is 0.276 e. The summed E-state index contributed by atoms with van der Waals surface area (Å²) in [5, 5.41) is 0. The molecule has 120 valence electrons. The molecule has 1 aromatic carbocycles. The van der Waals surface area contributed by atoms with Gasteiger partial charge in [0.2, 0.25) is 0 Å². The van der Waals surface area contributed by atoms with Gasteiger partial charge >= 0.3 is 0 Å². The number of nitrogens with zero attached hydrogens (tertiary/aromatic N) is 1. The largest absolute Gasteiger partial charge is 0.484 e. The van der Waals surface area contributed by atoms with Gasteiger partial charge in [-0.05, 0) is 56.2 Å². The fraction of sp³-hybridized carbons (Fsp3) is 0.235. The Morgan fingerprint density at radius 1 is 1.04 bits per heavy atom. The summed E-state index contributed by atoms with van der Waals surface area (Å²) in [6, 6.07) is 8.94. The summed E-state index contributed by atoms with van der Waals surface area (Å²) in [4.78, 5) is 27.5. The Bertz CT molecular complexity index is 712. The summed E-state index contributed by atoms with van der Waals surface area (Å²) < 4.78 is 5.38. The molecule has 0 spiro atoms. The van der Waals surface area contributed by atoms with Gasteiger partial charge in [-0.3, -0.25) is 25.4 Å². The number of nitrogens with one attached hydrogen (secondary N) is 2. The van der Waals surface area contributed by atoms with Crippen LogP contribution in [0.5, 0.6) is 5.75 Å². The Morgan fingerprint density at radius 3 is 2.48 bits per heavy atom. The molecule has 6 heteroatoms. The molecular formula is C17H19N3O3. The molecule has 2 rings (SSSR count). The van der Waals surface area contributed by atoms with E-state index in [1.165, 1.54) is 6.20 Å². The SMILES string of the molecule is Cc1ccc(C(=O)NNC(=O)COc2ccc(C)c(C)c2)cn1. The van der Waals surface area contributed by atoms with Crippen molar-refractivity contribution in [2.75, 3.05) is 6.61 Å². The van der Waals surface area contributed by atoms with E-state index in [9.17, 15) is 9.59 Å². The molecule has 6 nitrogen and oxygen atoms in total. The van der Waals surface area contributed by atoms with E-state index < -0.39 is 11.8 Å². The molecular weight excluding hydrogens is 294 g/mol. The number of ether oxygens (including phenoxy) is 1. The van der Waals surface area contributed by atoms with Crippen molar-refractivity contribution in [3.05, 3.63) is 58.9 Å². The minimum absolute atomic E-state index is 0.186. The van der Waals surface area contributed by atoms with Crippen LogP contribution in [-0.2, 0) is 4.79 Å². The molecule has 2 amide bonds. The predicted molar refractivity (Wildman–Crippen MR) is 86.0 cm³/mol. The van der Waals surface area contributed by atoms with Gasteiger partial charge in [0.1, 0.15) is 5.75 Å². The van der Waals surface area contributed by atoms with Crippen molar-refractivity contribution in [1.29, 1.82) is 0 Å². The minimum Gasteiger partial charge on any atom is -0.484 e. The molecule has 0 aliphatic heterocycles. The summed E-state index contributed by atoms with van der Waals surface area (Å²) in [5.41, 5.74) is 8.04. The molecule has 0 unspecified atom stereocenters. The lowest BCUT2D eigenvalue weighted by Crippen LogP contribution is -2.43. The van der Waals surface area contributed by atoms with Crippen molar-refractivity contribution in [1.82, 2.24) is 15.8 Å². The lowest BCUT2D eigenvalue weighted by molar-refractivity contribution is -0.123. The summed E-state index contributed by atoms with van der Waals surface area (Å²) in [5.74, 6) is -0.272. The van der Waals surface area contributed by atoms with Gasteiger partial charge in [0, 0.05) is 11.9 Å². The Morgan fingerprint density at radius 2 is 1.83 bits per heavy atom. The standard InChI is InChI=1S/C17H19N3O3/c1-11-4-7-15(8-12(11)2)23-10-16(21)19-20-17(22)14-6-5-13(3)18-9-14/h4-9H,10H2,1-3H3,(H,19,21)(H,20,22). The van der Waals surface area contributed by atoms with E-state index in [2.05, 4.69) is 15.8 Å². The molecule has 1 aromatic heterocycles. The van der Waals surface area contributed by atoms with E-state index in [0.29, 0.717) is 11.3 Å². The summed E-state index contributed by atoms with van der Waals surface area (Å²) in [7, 11) is 0. The Kier molecular flexibility index (Phi) is 5.30. The zero-order valence-corrected chi connectivity index (χ0v) is 13.3. The number of pyridine rings is 1. The number of aromatic nitrogens is 1. The predicted octanol–water partition coefficient (Wildman–Crippen LogP) is 1.85. The van der Waals surface area contributed by atoms with Crippen LogP contribution in [-0.4, -0.2) is 23.4 Å². The fourth-order valence-corrected chi connectivity index (χ4v) is 1.79. The summed E-state index contributed by atoms with van der Waals surface area (Å²) in [6.45, 7) is 5.61. The van der Waals surface area contributed by atoms with Gasteiger partial charge in [-0.2, -0.15) is 0 Å². The molecule has 0 bridgehead atoms. The Labute approximate surface area is 134 Å². The maximum absolute atomic E-state index is 11.8. The molecule has 0 saturated carbocycles. The lowest BCUT2D eigenvalue weighted by Gasteiger charge is -2.10. The van der Waals surface area contributed by atoms with Crippen molar-refractivity contribution in [2.24, 2.45) is 0 Å². The van der Waals surface area contributed by atoms with Crippen LogP contribution in [0.3, 0.4) is 0 Å². The topological polar surface area (TPSA) is 80.3 Å². The third-order valence-corrected chi connectivity index (χ3v) is 3.34. The summed E-state index contributed by atoms with van der Waals surface area (Å²) in [6.07, 6.45) is 1.45. The van der Waals surface area contributed by atoms with Gasteiger partial charge in [-0.25, -0.2) is 0 Å². The van der Waals surface area contributed by atoms with Gasteiger partial charge in [0.25, 0.3) is 11.8 Å². The second-order valence-corrected chi connectivity index (χ2v) is 5.23. The van der Waals surface area contributed by atoms with Crippen molar-refractivity contribution in [2.45, 2.75) is 20.8 Å². The molecule has 0 radical (unpaired) electrons. The number of hydrogen-bond donors (Lipinski definition) is 2. The average molecular weight is 313 g/mol. The number of hydrogen-bond acceptors (Lipinski definition) is 4. The first-order chi connectivity index (χ1) is 11.0. The quantitative estimate of drug-likeness (QED) is 0.844. The molecule has 0 aliphatic rings. The highest BCUT2D eigenvalue weighted by Gasteiger charge is 2.08. The van der Waals surface area contributed by atoms with Gasteiger partial charge in [-0.1, -0.05) is 6.07 Å². The van der Waals surface area contributed by atoms with Crippen LogP contribution in [0.4, 0.5) is 0 Å². The number of amides is 2. The molecule has 2 aromatic rings. The highest BCUT2D eigenvalue weighted by Crippen LogP contribution is 2.16. The first-order valence-corrected chi connectivity index (χ1v) is 7.17. The Hall–Kier alpha value is -2.89. The second kappa shape index (κ2) is 7.40. The van der Waals surface area contributed by atoms with Crippen molar-refractivity contribution >= 4 is 11.8 Å². The van der Waals surface area contributed by atoms with Crippen LogP contribution in [0, 0.1) is 20.8 Å². The molecule has 0 aliphatic carbocycles. The fourth-order valence-electron chi connectivity index (χ4n) is 1.79. The zero-order valence-electron chi connectivity index (χ0n) is 13.3. The Balaban J connectivity index is 1.79. The number of aryl methyl sites for hydroxylation is 3. The third kappa shape index (κ3) is 4.81. The van der Waals surface area contributed by atoms with Crippen molar-refractivity contribution in [3.8, 4) is 5.75 Å². The van der Waals surface area contributed by atoms with Crippen LogP contribution in [0.25, 0.3) is 0 Å². The van der Waals surface area contributed by atoms with Gasteiger partial charge in [0.15, 0.2) is 6.61 Å². The summed E-state index contributed by atoms with van der Waals surface area (Å²) >= 11 is 0. The highest BCUT2D eigenvalue weighted by atomic mass is 16.5. The molecule has 0 fully saturated rings. The lowest BCUT2D eigenvalue weighted by atomic mass is 10.1. The highest BCUT2D eigenvalue weighted by molar-refractivity contribution is 5.95. The molecule has 0 atom stereocenters. The molecule has 2 N–H and O–H groups in total. The first-order valence-electron chi connectivity index (χ1n) is 7.17. The number of benzene rings is 1. The van der Waals surface area contributed by atoms with Crippen LogP contribution in [0.1, 0.15) is 27.2 Å². The normalized spacial score (nSPS) is 10.0. The maximum atomic E-state index is 11.8. The molecule has 1 heterocycles. The number of carbonyl (C=O) groups is 2. The smallest absolute Gasteiger partial charge is 0.276 e.